The van der Waals surface area contributed by atoms with Crippen LogP contribution in [0.25, 0.3) is 11.5 Å². The highest BCUT2D eigenvalue weighted by atomic mass is 16.5. The van der Waals surface area contributed by atoms with Crippen LogP contribution in [-0.2, 0) is 6.42 Å². The first-order chi connectivity index (χ1) is 13.2. The normalized spacial score (nSPS) is 16.5. The summed E-state index contributed by atoms with van der Waals surface area (Å²) in [7, 11) is 0. The number of aromatic nitrogens is 3. The monoisotopic (exact) mass is 363 g/mol. The van der Waals surface area contributed by atoms with E-state index in [-0.39, 0.29) is 12.1 Å². The molecule has 2 aromatic heterocycles. The van der Waals surface area contributed by atoms with E-state index < -0.39 is 0 Å². The number of pyridine rings is 1. The second-order valence-corrected chi connectivity index (χ2v) is 6.49. The largest absolute Gasteiger partial charge is 0.334 e. The highest BCUT2D eigenvalue weighted by molar-refractivity contribution is 5.90. The topological polar surface area (TPSA) is 84.2 Å². The number of amides is 2. The van der Waals surface area contributed by atoms with Crippen molar-refractivity contribution in [1.29, 1.82) is 0 Å². The fourth-order valence-corrected chi connectivity index (χ4v) is 3.33. The minimum absolute atomic E-state index is 0.0115. The third-order valence-electron chi connectivity index (χ3n) is 4.69. The van der Waals surface area contributed by atoms with Crippen molar-refractivity contribution in [2.75, 3.05) is 11.9 Å². The molecular weight excluding hydrogens is 342 g/mol. The highest BCUT2D eigenvalue weighted by Gasteiger charge is 2.30. The summed E-state index contributed by atoms with van der Waals surface area (Å²) in [5.74, 6) is 1.12. The zero-order valence-electron chi connectivity index (χ0n) is 15.1. The van der Waals surface area contributed by atoms with Crippen molar-refractivity contribution < 1.29 is 9.32 Å². The van der Waals surface area contributed by atoms with Gasteiger partial charge < -0.3 is 14.7 Å². The van der Waals surface area contributed by atoms with E-state index >= 15 is 0 Å². The molecular formula is C20H21N5O2. The quantitative estimate of drug-likeness (QED) is 0.755. The lowest BCUT2D eigenvalue weighted by atomic mass is 10.1. The molecule has 3 heterocycles. The van der Waals surface area contributed by atoms with Crippen LogP contribution in [0.4, 0.5) is 10.5 Å². The van der Waals surface area contributed by atoms with Gasteiger partial charge in [0.25, 0.3) is 5.89 Å². The molecule has 3 aromatic rings. The Bertz CT molecular complexity index is 925. The highest BCUT2D eigenvalue weighted by Crippen LogP contribution is 2.31. The fraction of sp³-hybridized carbons (Fsp3) is 0.300. The van der Waals surface area contributed by atoms with Gasteiger partial charge in [0.2, 0.25) is 0 Å². The summed E-state index contributed by atoms with van der Waals surface area (Å²) in [4.78, 5) is 23.4. The third kappa shape index (κ3) is 3.67. The third-order valence-corrected chi connectivity index (χ3v) is 4.69. The number of rotatable bonds is 4. The molecule has 0 unspecified atom stereocenters. The van der Waals surface area contributed by atoms with Crippen molar-refractivity contribution in [3.8, 4) is 11.5 Å². The molecule has 1 atom stereocenters. The summed E-state index contributed by atoms with van der Waals surface area (Å²) < 4.78 is 5.28. The van der Waals surface area contributed by atoms with Gasteiger partial charge in [0, 0.05) is 30.4 Å². The molecule has 4 rings (SSSR count). The lowest BCUT2D eigenvalue weighted by Gasteiger charge is -2.24. The second kappa shape index (κ2) is 7.57. The Morgan fingerprint density at radius 3 is 3.00 bits per heavy atom. The number of aryl methyl sites for hydroxylation is 1. The Morgan fingerprint density at radius 1 is 1.30 bits per heavy atom. The van der Waals surface area contributed by atoms with E-state index in [0.717, 1.165) is 30.6 Å². The Hall–Kier alpha value is -3.22. The summed E-state index contributed by atoms with van der Waals surface area (Å²) in [6, 6.07) is 13.1. The number of hydrogen-bond donors (Lipinski definition) is 1. The molecule has 2 amide bonds. The van der Waals surface area contributed by atoms with E-state index in [1.807, 2.05) is 54.3 Å². The van der Waals surface area contributed by atoms with Gasteiger partial charge in [-0.3, -0.25) is 4.98 Å². The van der Waals surface area contributed by atoms with Gasteiger partial charge in [0.05, 0.1) is 11.7 Å². The summed E-state index contributed by atoms with van der Waals surface area (Å²) in [6.07, 6.45) is 4.37. The van der Waals surface area contributed by atoms with Crippen molar-refractivity contribution in [2.45, 2.75) is 32.2 Å². The van der Waals surface area contributed by atoms with Gasteiger partial charge in [0.1, 0.15) is 0 Å². The van der Waals surface area contributed by atoms with Crippen LogP contribution >= 0.6 is 0 Å². The molecule has 27 heavy (non-hydrogen) atoms. The molecule has 7 nitrogen and oxygen atoms in total. The summed E-state index contributed by atoms with van der Waals surface area (Å²) in [5.41, 5.74) is 2.40. The first-order valence-electron chi connectivity index (χ1n) is 9.16. The van der Waals surface area contributed by atoms with Gasteiger partial charge in [-0.25, -0.2) is 4.79 Å². The van der Waals surface area contributed by atoms with Crippen LogP contribution in [0.2, 0.25) is 0 Å². The van der Waals surface area contributed by atoms with Crippen LogP contribution in [-0.4, -0.2) is 32.6 Å². The second-order valence-electron chi connectivity index (χ2n) is 6.49. The predicted octanol–water partition coefficient (Wildman–Crippen LogP) is 4.06. The average Bonchev–Trinajstić information content (AvgIpc) is 3.38. The van der Waals surface area contributed by atoms with Crippen LogP contribution in [0.1, 0.15) is 37.3 Å². The molecule has 1 aliphatic rings. The fourth-order valence-electron chi connectivity index (χ4n) is 3.33. The van der Waals surface area contributed by atoms with Crippen LogP contribution in [0.15, 0.2) is 53.2 Å². The van der Waals surface area contributed by atoms with Gasteiger partial charge in [0.15, 0.2) is 5.82 Å². The molecule has 1 fully saturated rings. The Kier molecular flexibility index (Phi) is 4.82. The number of nitrogens with zero attached hydrogens (tertiary/aromatic N) is 4. The van der Waals surface area contributed by atoms with E-state index in [0.29, 0.717) is 23.8 Å². The first-order valence-corrected chi connectivity index (χ1v) is 9.16. The van der Waals surface area contributed by atoms with E-state index in [1.54, 1.807) is 6.20 Å². The molecule has 1 N–H and O–H groups in total. The number of nitrogens with one attached hydrogen (secondary N) is 1. The number of likely N-dealkylation sites (tertiary alicyclic amines) is 1. The van der Waals surface area contributed by atoms with Gasteiger partial charge >= 0.3 is 6.03 Å². The van der Waals surface area contributed by atoms with E-state index in [4.69, 9.17) is 4.52 Å². The zero-order valence-corrected chi connectivity index (χ0v) is 15.1. The van der Waals surface area contributed by atoms with Crippen LogP contribution < -0.4 is 5.32 Å². The molecule has 1 aromatic carbocycles. The maximum atomic E-state index is 12.8. The molecule has 0 radical (unpaired) electrons. The van der Waals surface area contributed by atoms with Gasteiger partial charge in [-0.05, 0) is 43.2 Å². The van der Waals surface area contributed by atoms with E-state index in [1.165, 1.54) is 0 Å². The molecule has 0 bridgehead atoms. The number of urea groups is 1. The van der Waals surface area contributed by atoms with Crippen LogP contribution in [0, 0.1) is 0 Å². The van der Waals surface area contributed by atoms with Crippen LogP contribution in [0.5, 0.6) is 0 Å². The minimum atomic E-state index is -0.125. The molecule has 0 saturated carbocycles. The minimum Gasteiger partial charge on any atom is -0.334 e. The van der Waals surface area contributed by atoms with Crippen molar-refractivity contribution in [2.24, 2.45) is 0 Å². The number of benzene rings is 1. The average molecular weight is 363 g/mol. The van der Waals surface area contributed by atoms with E-state index in [9.17, 15) is 4.79 Å². The van der Waals surface area contributed by atoms with Gasteiger partial charge in [-0.15, -0.1) is 0 Å². The molecule has 0 spiro atoms. The first kappa shape index (κ1) is 17.2. The standard InChI is InChI=1S/C20H21N5O2/c1-2-18-23-19(27-24-18)14-7-5-8-15(13-14)22-20(26)25-12-6-10-17(25)16-9-3-4-11-21-16/h3-5,7-9,11,13,17H,2,6,10,12H2,1H3,(H,22,26)/t17-/m1/s1. The smallest absolute Gasteiger partial charge is 0.322 e. The van der Waals surface area contributed by atoms with Gasteiger partial charge in [-0.1, -0.05) is 24.2 Å². The van der Waals surface area contributed by atoms with Crippen molar-refractivity contribution in [3.63, 3.8) is 0 Å². The summed E-state index contributed by atoms with van der Waals surface area (Å²) >= 11 is 0. The zero-order chi connectivity index (χ0) is 18.6. The maximum absolute atomic E-state index is 12.8. The molecule has 1 saturated heterocycles. The van der Waals surface area contributed by atoms with Crippen LogP contribution in [0.3, 0.4) is 0 Å². The number of carbonyl (C=O) groups is 1. The van der Waals surface area contributed by atoms with Crippen molar-refractivity contribution in [3.05, 3.63) is 60.2 Å². The summed E-state index contributed by atoms with van der Waals surface area (Å²) in [5, 5.41) is 6.90. The maximum Gasteiger partial charge on any atom is 0.322 e. The SMILES string of the molecule is CCc1noc(-c2cccc(NC(=O)N3CCC[C@@H]3c3ccccn3)c2)n1. The van der Waals surface area contributed by atoms with Crippen molar-refractivity contribution >= 4 is 11.7 Å². The van der Waals surface area contributed by atoms with E-state index in [2.05, 4.69) is 20.4 Å². The Balaban J connectivity index is 1.50. The van der Waals surface area contributed by atoms with Gasteiger partial charge in [-0.2, -0.15) is 4.98 Å². The molecule has 1 aliphatic heterocycles. The lowest BCUT2D eigenvalue weighted by molar-refractivity contribution is 0.206. The molecule has 7 heteroatoms. The number of hydrogen-bond acceptors (Lipinski definition) is 5. The predicted molar refractivity (Wildman–Crippen MR) is 101 cm³/mol. The number of carbonyl (C=O) groups excluding carboxylic acids is 1. The Labute approximate surface area is 157 Å². The Morgan fingerprint density at radius 2 is 2.22 bits per heavy atom. The molecule has 0 aliphatic carbocycles. The summed E-state index contributed by atoms with van der Waals surface area (Å²) in [6.45, 7) is 2.69. The van der Waals surface area contributed by atoms with Crippen molar-refractivity contribution in [1.82, 2.24) is 20.0 Å². The molecule has 138 valence electrons. The lowest BCUT2D eigenvalue weighted by Crippen LogP contribution is -2.34. The number of anilines is 1.